The van der Waals surface area contributed by atoms with E-state index in [4.69, 9.17) is 4.42 Å². The second kappa shape index (κ2) is 9.71. The van der Waals surface area contributed by atoms with Gasteiger partial charge in [-0.1, -0.05) is 12.1 Å². The summed E-state index contributed by atoms with van der Waals surface area (Å²) in [6, 6.07) is 9.51. The maximum absolute atomic E-state index is 12.4. The van der Waals surface area contributed by atoms with Crippen LogP contribution in [0.1, 0.15) is 29.9 Å². The standard InChI is InChI=1S/C22H30N4O3/c1-16-6-4-7-19(17(16)2)24-22(28)15-26-11-9-25(10-12-26)14-21(27)23-18(3)20-8-5-13-29-20/h4-8,13,18H,9-12,14-15H2,1-3H3,(H,23,27)(H,24,28)/p+2/t18-/m0/s1. The van der Waals surface area contributed by atoms with Crippen LogP contribution >= 0.6 is 0 Å². The number of aryl methyl sites for hydroxylation is 1. The van der Waals surface area contributed by atoms with Crippen molar-refractivity contribution in [1.82, 2.24) is 5.32 Å². The molecule has 29 heavy (non-hydrogen) atoms. The van der Waals surface area contributed by atoms with Crippen molar-refractivity contribution < 1.29 is 23.8 Å². The lowest BCUT2D eigenvalue weighted by atomic mass is 10.1. The number of hydrogen-bond donors (Lipinski definition) is 4. The maximum atomic E-state index is 12.4. The van der Waals surface area contributed by atoms with Gasteiger partial charge in [0, 0.05) is 5.69 Å². The summed E-state index contributed by atoms with van der Waals surface area (Å²) in [4.78, 5) is 27.2. The Labute approximate surface area is 172 Å². The third-order valence-electron chi connectivity index (χ3n) is 5.71. The lowest BCUT2D eigenvalue weighted by Crippen LogP contribution is -3.28. The fourth-order valence-corrected chi connectivity index (χ4v) is 3.75. The SMILES string of the molecule is Cc1cccc(NC(=O)C[NH+]2CC[NH+](CC(=O)N[C@@H](C)c3ccco3)CC2)c1C. The molecule has 0 aliphatic carbocycles. The van der Waals surface area contributed by atoms with E-state index < -0.39 is 0 Å². The molecule has 1 atom stereocenters. The maximum Gasteiger partial charge on any atom is 0.279 e. The third kappa shape index (κ3) is 5.92. The van der Waals surface area contributed by atoms with Crippen LogP contribution in [0, 0.1) is 13.8 Å². The molecule has 156 valence electrons. The Morgan fingerprint density at radius 1 is 1.00 bits per heavy atom. The predicted octanol–water partition coefficient (Wildman–Crippen LogP) is -0.504. The zero-order valence-corrected chi connectivity index (χ0v) is 17.5. The lowest BCUT2D eigenvalue weighted by Gasteiger charge is -2.29. The summed E-state index contributed by atoms with van der Waals surface area (Å²) in [6.45, 7) is 10.4. The van der Waals surface area contributed by atoms with Crippen LogP contribution in [-0.4, -0.2) is 51.1 Å². The molecule has 2 aromatic rings. The Hall–Kier alpha value is -2.64. The van der Waals surface area contributed by atoms with E-state index in [1.807, 2.05) is 51.1 Å². The van der Waals surface area contributed by atoms with Crippen molar-refractivity contribution in [3.05, 3.63) is 53.5 Å². The van der Waals surface area contributed by atoms with Crippen molar-refractivity contribution in [3.8, 4) is 0 Å². The van der Waals surface area contributed by atoms with E-state index in [9.17, 15) is 9.59 Å². The molecule has 2 heterocycles. The summed E-state index contributed by atoms with van der Waals surface area (Å²) in [5.41, 5.74) is 3.17. The number of carbonyl (C=O) groups excluding carboxylic acids is 2. The highest BCUT2D eigenvalue weighted by Crippen LogP contribution is 2.17. The molecule has 1 aliphatic heterocycles. The van der Waals surface area contributed by atoms with E-state index in [0.717, 1.165) is 43.2 Å². The van der Waals surface area contributed by atoms with Crippen molar-refractivity contribution in [2.75, 3.05) is 44.6 Å². The van der Waals surface area contributed by atoms with E-state index in [-0.39, 0.29) is 17.9 Å². The molecule has 7 nitrogen and oxygen atoms in total. The highest BCUT2D eigenvalue weighted by atomic mass is 16.3. The number of carbonyl (C=O) groups is 2. The van der Waals surface area contributed by atoms with E-state index in [0.29, 0.717) is 13.1 Å². The van der Waals surface area contributed by atoms with Crippen LogP contribution in [0.15, 0.2) is 41.0 Å². The molecule has 1 aromatic heterocycles. The molecule has 1 aromatic carbocycles. The van der Waals surface area contributed by atoms with Crippen LogP contribution in [-0.2, 0) is 9.59 Å². The van der Waals surface area contributed by atoms with Crippen molar-refractivity contribution in [1.29, 1.82) is 0 Å². The molecule has 1 saturated heterocycles. The molecular weight excluding hydrogens is 368 g/mol. The van der Waals surface area contributed by atoms with Crippen molar-refractivity contribution >= 4 is 17.5 Å². The third-order valence-corrected chi connectivity index (χ3v) is 5.71. The van der Waals surface area contributed by atoms with Gasteiger partial charge < -0.3 is 24.9 Å². The first kappa shape index (κ1) is 21.1. The second-order valence-electron chi connectivity index (χ2n) is 7.95. The molecule has 0 spiro atoms. The number of amides is 2. The first-order valence-electron chi connectivity index (χ1n) is 10.3. The number of quaternary nitrogens is 2. The van der Waals surface area contributed by atoms with Gasteiger partial charge >= 0.3 is 0 Å². The van der Waals surface area contributed by atoms with Gasteiger partial charge in [0.05, 0.1) is 12.3 Å². The van der Waals surface area contributed by atoms with Crippen LogP contribution in [0.5, 0.6) is 0 Å². The van der Waals surface area contributed by atoms with Gasteiger partial charge in [-0.2, -0.15) is 0 Å². The molecule has 2 amide bonds. The van der Waals surface area contributed by atoms with Crippen molar-refractivity contribution in [2.45, 2.75) is 26.8 Å². The first-order chi connectivity index (χ1) is 13.9. The van der Waals surface area contributed by atoms with Gasteiger partial charge in [-0.25, -0.2) is 0 Å². The molecule has 0 radical (unpaired) electrons. The number of nitrogens with one attached hydrogen (secondary N) is 4. The molecule has 3 rings (SSSR count). The summed E-state index contributed by atoms with van der Waals surface area (Å²) >= 11 is 0. The number of rotatable bonds is 7. The van der Waals surface area contributed by atoms with Crippen LogP contribution in [0.2, 0.25) is 0 Å². The van der Waals surface area contributed by atoms with Crippen LogP contribution in [0.3, 0.4) is 0 Å². The molecular formula is C22H32N4O3+2. The van der Waals surface area contributed by atoms with Crippen LogP contribution in [0.4, 0.5) is 5.69 Å². The largest absolute Gasteiger partial charge is 0.467 e. The predicted molar refractivity (Wildman–Crippen MR) is 111 cm³/mol. The average Bonchev–Trinajstić information content (AvgIpc) is 3.22. The fourth-order valence-electron chi connectivity index (χ4n) is 3.75. The molecule has 1 aliphatic rings. The first-order valence-corrected chi connectivity index (χ1v) is 10.3. The molecule has 7 heteroatoms. The highest BCUT2D eigenvalue weighted by Gasteiger charge is 2.27. The highest BCUT2D eigenvalue weighted by molar-refractivity contribution is 5.92. The van der Waals surface area contributed by atoms with Gasteiger partial charge in [0.15, 0.2) is 13.1 Å². The van der Waals surface area contributed by atoms with Gasteiger partial charge in [0.1, 0.15) is 31.9 Å². The molecule has 0 unspecified atom stereocenters. The number of piperazine rings is 1. The summed E-state index contributed by atoms with van der Waals surface area (Å²) in [5.74, 6) is 0.833. The quantitative estimate of drug-likeness (QED) is 0.506. The minimum absolute atomic E-state index is 0.0278. The topological polar surface area (TPSA) is 80.2 Å². The van der Waals surface area contributed by atoms with Crippen molar-refractivity contribution in [3.63, 3.8) is 0 Å². The van der Waals surface area contributed by atoms with Gasteiger partial charge in [0.2, 0.25) is 0 Å². The van der Waals surface area contributed by atoms with Crippen LogP contribution in [0.25, 0.3) is 0 Å². The minimum atomic E-state index is -0.127. The van der Waals surface area contributed by atoms with E-state index in [2.05, 4.69) is 10.6 Å². The van der Waals surface area contributed by atoms with Crippen LogP contribution < -0.4 is 20.4 Å². The number of anilines is 1. The number of furan rings is 1. The van der Waals surface area contributed by atoms with Crippen molar-refractivity contribution in [2.24, 2.45) is 0 Å². The smallest absolute Gasteiger partial charge is 0.279 e. The Bertz CT molecular complexity index is 827. The lowest BCUT2D eigenvalue weighted by molar-refractivity contribution is -1.00. The zero-order valence-electron chi connectivity index (χ0n) is 17.5. The summed E-state index contributed by atoms with van der Waals surface area (Å²) in [7, 11) is 0. The monoisotopic (exact) mass is 400 g/mol. The molecule has 1 fully saturated rings. The molecule has 0 saturated carbocycles. The molecule has 4 N–H and O–H groups in total. The van der Waals surface area contributed by atoms with E-state index in [1.54, 1.807) is 6.26 Å². The average molecular weight is 401 g/mol. The summed E-state index contributed by atoms with van der Waals surface area (Å²) in [6.07, 6.45) is 1.61. The Balaban J connectivity index is 1.39. The van der Waals surface area contributed by atoms with E-state index >= 15 is 0 Å². The number of benzene rings is 1. The van der Waals surface area contributed by atoms with Gasteiger partial charge in [-0.05, 0) is 50.1 Å². The Morgan fingerprint density at radius 2 is 1.66 bits per heavy atom. The van der Waals surface area contributed by atoms with Gasteiger partial charge in [-0.15, -0.1) is 0 Å². The fraction of sp³-hybridized carbons (Fsp3) is 0.455. The zero-order chi connectivity index (χ0) is 20.8. The Kier molecular flexibility index (Phi) is 7.06. The molecule has 0 bridgehead atoms. The van der Waals surface area contributed by atoms with E-state index in [1.165, 1.54) is 15.4 Å². The number of hydrogen-bond acceptors (Lipinski definition) is 3. The van der Waals surface area contributed by atoms with Gasteiger partial charge in [-0.3, -0.25) is 9.59 Å². The summed E-state index contributed by atoms with van der Waals surface area (Å²) < 4.78 is 5.33. The Morgan fingerprint density at radius 3 is 2.28 bits per heavy atom. The second-order valence-corrected chi connectivity index (χ2v) is 7.95. The summed E-state index contributed by atoms with van der Waals surface area (Å²) in [5, 5.41) is 6.02. The normalized spacial score (nSPS) is 20.1. The minimum Gasteiger partial charge on any atom is -0.467 e. The van der Waals surface area contributed by atoms with Gasteiger partial charge in [0.25, 0.3) is 11.8 Å².